The third-order valence-corrected chi connectivity index (χ3v) is 4.23. The third kappa shape index (κ3) is 1.94. The van der Waals surface area contributed by atoms with Gasteiger partial charge in [0.05, 0.1) is 0 Å². The van der Waals surface area contributed by atoms with Gasteiger partial charge in [0, 0.05) is 12.1 Å². The van der Waals surface area contributed by atoms with Gasteiger partial charge in [0.2, 0.25) is 5.91 Å². The largest absolute Gasteiger partial charge is 0.492 e. The molecule has 1 amide bonds. The number of hydrogen-bond donors (Lipinski definition) is 1. The van der Waals surface area contributed by atoms with E-state index < -0.39 is 12.0 Å². The van der Waals surface area contributed by atoms with Crippen LogP contribution in [-0.4, -0.2) is 41.1 Å². The van der Waals surface area contributed by atoms with E-state index in [1.807, 2.05) is 31.2 Å². The molecular weight excluding hydrogens is 258 g/mol. The number of ether oxygens (including phenoxy) is 1. The van der Waals surface area contributed by atoms with Crippen LogP contribution in [0.4, 0.5) is 0 Å². The first-order valence-corrected chi connectivity index (χ1v) is 6.84. The van der Waals surface area contributed by atoms with E-state index in [0.717, 1.165) is 17.7 Å². The summed E-state index contributed by atoms with van der Waals surface area (Å²) in [6, 6.07) is 6.73. The second-order valence-corrected chi connectivity index (χ2v) is 5.48. The first kappa shape index (κ1) is 13.0. The Morgan fingerprint density at radius 2 is 2.10 bits per heavy atom. The summed E-state index contributed by atoms with van der Waals surface area (Å²) >= 11 is 0. The monoisotopic (exact) mass is 275 g/mol. The van der Waals surface area contributed by atoms with Crippen molar-refractivity contribution in [3.8, 4) is 5.75 Å². The molecule has 0 radical (unpaired) electrons. The molecule has 3 atom stereocenters. The minimum absolute atomic E-state index is 0.00554. The lowest BCUT2D eigenvalue weighted by atomic mass is 9.98. The number of likely N-dealkylation sites (tertiary alicyclic amines) is 1. The first-order valence-electron chi connectivity index (χ1n) is 6.84. The Kier molecular flexibility index (Phi) is 3.12. The van der Waals surface area contributed by atoms with Crippen molar-refractivity contribution in [3.05, 3.63) is 29.8 Å². The Bertz CT molecular complexity index is 557. The summed E-state index contributed by atoms with van der Waals surface area (Å²) in [7, 11) is 0. The Labute approximate surface area is 117 Å². The number of fused-ring (bicyclic) bond motifs is 1. The highest BCUT2D eigenvalue weighted by Crippen LogP contribution is 2.36. The molecule has 0 saturated carbocycles. The molecule has 2 heterocycles. The number of para-hydroxylation sites is 1. The predicted molar refractivity (Wildman–Crippen MR) is 71.6 cm³/mol. The fraction of sp³-hybridized carbons (Fsp3) is 0.467. The molecule has 2 aliphatic heterocycles. The highest BCUT2D eigenvalue weighted by Gasteiger charge is 2.43. The summed E-state index contributed by atoms with van der Waals surface area (Å²) in [5.41, 5.74) is 0.862. The number of carboxylic acids is 1. The van der Waals surface area contributed by atoms with E-state index >= 15 is 0 Å². The maximum absolute atomic E-state index is 12.7. The number of carbonyl (C=O) groups is 2. The lowest BCUT2D eigenvalue weighted by molar-refractivity contribution is -0.150. The first-order chi connectivity index (χ1) is 9.59. The van der Waals surface area contributed by atoms with Crippen LogP contribution in [0.1, 0.15) is 24.8 Å². The van der Waals surface area contributed by atoms with Crippen molar-refractivity contribution in [1.29, 1.82) is 0 Å². The van der Waals surface area contributed by atoms with Crippen LogP contribution in [0.25, 0.3) is 0 Å². The highest BCUT2D eigenvalue weighted by atomic mass is 16.5. The third-order valence-electron chi connectivity index (χ3n) is 4.23. The summed E-state index contributed by atoms with van der Waals surface area (Å²) in [5.74, 6) is -0.709. The van der Waals surface area contributed by atoms with Gasteiger partial charge in [0.15, 0.2) is 0 Å². The van der Waals surface area contributed by atoms with Crippen LogP contribution < -0.4 is 4.74 Å². The lowest BCUT2D eigenvalue weighted by Gasteiger charge is -2.25. The second kappa shape index (κ2) is 4.81. The predicted octanol–water partition coefficient (Wildman–Crippen LogP) is 1.48. The normalized spacial score (nSPS) is 28.1. The molecule has 0 aliphatic carbocycles. The summed E-state index contributed by atoms with van der Waals surface area (Å²) in [6.07, 6.45) is 0.734. The van der Waals surface area contributed by atoms with Crippen molar-refractivity contribution >= 4 is 11.9 Å². The Hall–Kier alpha value is -2.04. The van der Waals surface area contributed by atoms with Gasteiger partial charge < -0.3 is 14.7 Å². The summed E-state index contributed by atoms with van der Waals surface area (Å²) in [5, 5.41) is 9.32. The molecule has 0 aromatic heterocycles. The van der Waals surface area contributed by atoms with Crippen LogP contribution in [0.2, 0.25) is 0 Å². The van der Waals surface area contributed by atoms with Gasteiger partial charge in [0.25, 0.3) is 0 Å². The topological polar surface area (TPSA) is 66.8 Å². The van der Waals surface area contributed by atoms with Crippen LogP contribution in [-0.2, 0) is 9.59 Å². The van der Waals surface area contributed by atoms with Gasteiger partial charge >= 0.3 is 5.97 Å². The van der Waals surface area contributed by atoms with E-state index in [-0.39, 0.29) is 17.7 Å². The quantitative estimate of drug-likeness (QED) is 0.888. The molecule has 3 rings (SSSR count). The van der Waals surface area contributed by atoms with Gasteiger partial charge in [-0.2, -0.15) is 0 Å². The van der Waals surface area contributed by atoms with Crippen LogP contribution >= 0.6 is 0 Å². The zero-order valence-corrected chi connectivity index (χ0v) is 11.3. The fourth-order valence-corrected chi connectivity index (χ4v) is 3.14. The summed E-state index contributed by atoms with van der Waals surface area (Å²) < 4.78 is 5.52. The molecule has 1 aromatic rings. The van der Waals surface area contributed by atoms with E-state index in [0.29, 0.717) is 13.2 Å². The minimum Gasteiger partial charge on any atom is -0.492 e. The van der Waals surface area contributed by atoms with Crippen molar-refractivity contribution in [1.82, 2.24) is 4.90 Å². The number of aliphatic carboxylic acids is 1. The summed E-state index contributed by atoms with van der Waals surface area (Å²) in [4.78, 5) is 25.5. The Morgan fingerprint density at radius 1 is 1.35 bits per heavy atom. The zero-order valence-electron chi connectivity index (χ0n) is 11.3. The number of carbonyl (C=O) groups excluding carboxylic acids is 1. The van der Waals surface area contributed by atoms with E-state index in [1.165, 1.54) is 4.90 Å². The van der Waals surface area contributed by atoms with E-state index in [1.54, 1.807) is 0 Å². The maximum atomic E-state index is 12.7. The molecule has 20 heavy (non-hydrogen) atoms. The molecule has 1 aromatic carbocycles. The molecule has 2 aliphatic rings. The number of rotatable bonds is 2. The highest BCUT2D eigenvalue weighted by molar-refractivity contribution is 5.90. The molecule has 5 heteroatoms. The fourth-order valence-electron chi connectivity index (χ4n) is 3.14. The SMILES string of the molecule is CC1CCN(C(=O)C2COc3ccccc32)C1C(=O)O. The van der Waals surface area contributed by atoms with Gasteiger partial charge in [-0.3, -0.25) is 4.79 Å². The van der Waals surface area contributed by atoms with Crippen LogP contribution in [0.3, 0.4) is 0 Å². The van der Waals surface area contributed by atoms with Crippen LogP contribution in [0, 0.1) is 5.92 Å². The van der Waals surface area contributed by atoms with E-state index in [2.05, 4.69) is 0 Å². The lowest BCUT2D eigenvalue weighted by Crippen LogP contribution is -2.45. The maximum Gasteiger partial charge on any atom is 0.326 e. The average molecular weight is 275 g/mol. The van der Waals surface area contributed by atoms with Crippen molar-refractivity contribution in [2.24, 2.45) is 5.92 Å². The van der Waals surface area contributed by atoms with E-state index in [4.69, 9.17) is 4.74 Å². The van der Waals surface area contributed by atoms with Crippen molar-refractivity contribution in [2.45, 2.75) is 25.3 Å². The standard InChI is InChI=1S/C15H17NO4/c1-9-6-7-16(13(9)15(18)19)14(17)11-8-20-12-5-3-2-4-10(11)12/h2-5,9,11,13H,6-8H2,1H3,(H,18,19). The average Bonchev–Trinajstić information content (AvgIpc) is 3.01. The Morgan fingerprint density at radius 3 is 2.85 bits per heavy atom. The van der Waals surface area contributed by atoms with E-state index in [9.17, 15) is 14.7 Å². The van der Waals surface area contributed by atoms with Crippen LogP contribution in [0.15, 0.2) is 24.3 Å². The second-order valence-electron chi connectivity index (χ2n) is 5.48. The number of amides is 1. The molecule has 3 unspecified atom stereocenters. The zero-order chi connectivity index (χ0) is 14.3. The minimum atomic E-state index is -0.921. The van der Waals surface area contributed by atoms with Gasteiger partial charge in [-0.25, -0.2) is 4.79 Å². The molecule has 1 fully saturated rings. The van der Waals surface area contributed by atoms with Crippen molar-refractivity contribution in [2.75, 3.05) is 13.2 Å². The van der Waals surface area contributed by atoms with Crippen molar-refractivity contribution in [3.63, 3.8) is 0 Å². The number of nitrogens with zero attached hydrogens (tertiary/aromatic N) is 1. The van der Waals surface area contributed by atoms with Crippen LogP contribution in [0.5, 0.6) is 5.75 Å². The van der Waals surface area contributed by atoms with Gasteiger partial charge in [-0.05, 0) is 18.4 Å². The van der Waals surface area contributed by atoms with Gasteiger partial charge in [0.1, 0.15) is 24.3 Å². The molecule has 106 valence electrons. The number of hydrogen-bond acceptors (Lipinski definition) is 3. The summed E-state index contributed by atoms with van der Waals surface area (Å²) in [6.45, 7) is 2.69. The number of benzene rings is 1. The molecular formula is C15H17NO4. The molecule has 1 saturated heterocycles. The molecule has 0 spiro atoms. The van der Waals surface area contributed by atoms with Gasteiger partial charge in [-0.1, -0.05) is 25.1 Å². The molecule has 5 nitrogen and oxygen atoms in total. The Balaban J connectivity index is 1.85. The number of carboxylic acid groups (broad SMARTS) is 1. The molecule has 0 bridgehead atoms. The molecule has 1 N–H and O–H groups in total. The van der Waals surface area contributed by atoms with Gasteiger partial charge in [-0.15, -0.1) is 0 Å². The van der Waals surface area contributed by atoms with Crippen molar-refractivity contribution < 1.29 is 19.4 Å². The smallest absolute Gasteiger partial charge is 0.326 e.